The van der Waals surface area contributed by atoms with E-state index in [1.165, 1.54) is 42.7 Å². The number of ketones is 1. The van der Waals surface area contributed by atoms with E-state index in [-0.39, 0.29) is 5.78 Å². The van der Waals surface area contributed by atoms with Gasteiger partial charge in [-0.25, -0.2) is 4.39 Å². The Balaban J connectivity index is 2.02. The lowest BCUT2D eigenvalue weighted by atomic mass is 10.1. The topological polar surface area (TPSA) is 26.3 Å². The third-order valence-corrected chi connectivity index (χ3v) is 2.97. The molecule has 0 atom stereocenters. The van der Waals surface area contributed by atoms with Gasteiger partial charge in [0.05, 0.1) is 11.3 Å². The second-order valence-corrected chi connectivity index (χ2v) is 4.71. The zero-order valence-corrected chi connectivity index (χ0v) is 11.7. The first-order chi connectivity index (χ1) is 9.56. The molecule has 0 unspecified atom stereocenters. The summed E-state index contributed by atoms with van der Waals surface area (Å²) in [6.07, 6.45) is 2.46. The smallest absolute Gasteiger partial charge is 0.188 e. The molecule has 0 aromatic heterocycles. The molecule has 0 saturated carbocycles. The van der Waals surface area contributed by atoms with E-state index >= 15 is 0 Å². The average molecular weight is 311 g/mol. The molecule has 0 heterocycles. The highest BCUT2D eigenvalue weighted by atomic mass is 35.5. The molecular formula is C15H9Cl2FO2. The van der Waals surface area contributed by atoms with Crippen molar-refractivity contribution in [2.24, 2.45) is 0 Å². The molecule has 0 aliphatic rings. The van der Waals surface area contributed by atoms with E-state index < -0.39 is 5.82 Å². The normalized spacial score (nSPS) is 10.8. The van der Waals surface area contributed by atoms with Crippen molar-refractivity contribution in [3.8, 4) is 5.75 Å². The molecule has 0 saturated heterocycles. The number of hydrogen-bond acceptors (Lipinski definition) is 2. The second kappa shape index (κ2) is 6.55. The van der Waals surface area contributed by atoms with Crippen LogP contribution < -0.4 is 4.74 Å². The van der Waals surface area contributed by atoms with E-state index in [1.54, 1.807) is 12.1 Å². The summed E-state index contributed by atoms with van der Waals surface area (Å²) in [5.41, 5.74) is 0.369. The molecule has 0 aliphatic carbocycles. The van der Waals surface area contributed by atoms with Gasteiger partial charge in [0.25, 0.3) is 0 Å². The van der Waals surface area contributed by atoms with Gasteiger partial charge in [-0.15, -0.1) is 0 Å². The SMILES string of the molecule is O=C(/C=C/Oc1ccc(Cl)cc1Cl)c1ccc(F)cc1. The minimum atomic E-state index is -0.394. The highest BCUT2D eigenvalue weighted by Gasteiger charge is 2.03. The number of carbonyl (C=O) groups is 1. The lowest BCUT2D eigenvalue weighted by Gasteiger charge is -2.02. The summed E-state index contributed by atoms with van der Waals surface area (Å²) >= 11 is 11.7. The van der Waals surface area contributed by atoms with Crippen LogP contribution in [-0.4, -0.2) is 5.78 Å². The Hall–Kier alpha value is -1.84. The van der Waals surface area contributed by atoms with Crippen LogP contribution in [0.5, 0.6) is 5.75 Å². The first-order valence-electron chi connectivity index (χ1n) is 5.64. The summed E-state index contributed by atoms with van der Waals surface area (Å²) in [5, 5.41) is 0.838. The Bertz CT molecular complexity index is 651. The maximum atomic E-state index is 12.7. The van der Waals surface area contributed by atoms with Crippen LogP contribution >= 0.6 is 23.2 Å². The van der Waals surface area contributed by atoms with Crippen molar-refractivity contribution < 1.29 is 13.9 Å². The lowest BCUT2D eigenvalue weighted by molar-refractivity contribution is 0.104. The third kappa shape index (κ3) is 3.83. The molecule has 2 aromatic rings. The van der Waals surface area contributed by atoms with Crippen LogP contribution in [0.4, 0.5) is 4.39 Å². The van der Waals surface area contributed by atoms with Crippen LogP contribution in [-0.2, 0) is 0 Å². The van der Waals surface area contributed by atoms with Gasteiger partial charge in [0.2, 0.25) is 0 Å². The van der Waals surface area contributed by atoms with E-state index in [2.05, 4.69) is 0 Å². The van der Waals surface area contributed by atoms with Crippen LogP contribution in [0.25, 0.3) is 0 Å². The van der Waals surface area contributed by atoms with Gasteiger partial charge in [0.15, 0.2) is 5.78 Å². The van der Waals surface area contributed by atoms with Gasteiger partial charge in [-0.05, 0) is 42.5 Å². The highest BCUT2D eigenvalue weighted by molar-refractivity contribution is 6.35. The van der Waals surface area contributed by atoms with E-state index in [4.69, 9.17) is 27.9 Å². The van der Waals surface area contributed by atoms with Gasteiger partial charge in [-0.3, -0.25) is 4.79 Å². The Morgan fingerprint density at radius 1 is 1.10 bits per heavy atom. The van der Waals surface area contributed by atoms with Crippen molar-refractivity contribution in [2.75, 3.05) is 0 Å². The predicted molar refractivity (Wildman–Crippen MR) is 77.0 cm³/mol. The maximum Gasteiger partial charge on any atom is 0.188 e. The molecule has 0 spiro atoms. The molecular weight excluding hydrogens is 302 g/mol. The fraction of sp³-hybridized carbons (Fsp3) is 0. The average Bonchev–Trinajstić information content (AvgIpc) is 2.42. The largest absolute Gasteiger partial charge is 0.463 e. The van der Waals surface area contributed by atoms with Crippen LogP contribution in [0, 0.1) is 5.82 Å². The second-order valence-electron chi connectivity index (χ2n) is 3.87. The van der Waals surface area contributed by atoms with Crippen molar-refractivity contribution in [3.05, 3.63) is 76.2 Å². The van der Waals surface area contributed by atoms with Crippen molar-refractivity contribution in [3.63, 3.8) is 0 Å². The predicted octanol–water partition coefficient (Wildman–Crippen LogP) is 4.91. The lowest BCUT2D eigenvalue weighted by Crippen LogP contribution is -1.95. The highest BCUT2D eigenvalue weighted by Crippen LogP contribution is 2.27. The number of benzene rings is 2. The van der Waals surface area contributed by atoms with Crippen molar-refractivity contribution >= 4 is 29.0 Å². The number of hydrogen-bond donors (Lipinski definition) is 0. The van der Waals surface area contributed by atoms with E-state index in [0.717, 1.165) is 0 Å². The van der Waals surface area contributed by atoms with Gasteiger partial charge in [0.1, 0.15) is 11.6 Å². The number of rotatable bonds is 4. The fourth-order valence-corrected chi connectivity index (χ4v) is 1.90. The zero-order chi connectivity index (χ0) is 14.5. The summed E-state index contributed by atoms with van der Waals surface area (Å²) in [4.78, 5) is 11.7. The van der Waals surface area contributed by atoms with E-state index in [1.807, 2.05) is 0 Å². The number of ether oxygens (including phenoxy) is 1. The van der Waals surface area contributed by atoms with Crippen LogP contribution in [0.2, 0.25) is 10.0 Å². The molecule has 0 N–H and O–H groups in total. The number of halogens is 3. The molecule has 0 aliphatic heterocycles. The zero-order valence-electron chi connectivity index (χ0n) is 10.1. The first kappa shape index (κ1) is 14.6. The quantitative estimate of drug-likeness (QED) is 0.456. The molecule has 0 amide bonds. The van der Waals surface area contributed by atoms with Crippen molar-refractivity contribution in [1.29, 1.82) is 0 Å². The molecule has 102 valence electrons. The monoisotopic (exact) mass is 310 g/mol. The number of carbonyl (C=O) groups excluding carboxylic acids is 1. The molecule has 2 aromatic carbocycles. The first-order valence-corrected chi connectivity index (χ1v) is 6.40. The van der Waals surface area contributed by atoms with Gasteiger partial charge in [-0.1, -0.05) is 23.2 Å². The third-order valence-electron chi connectivity index (χ3n) is 2.44. The van der Waals surface area contributed by atoms with E-state index in [9.17, 15) is 9.18 Å². The van der Waals surface area contributed by atoms with Gasteiger partial charge in [0, 0.05) is 16.7 Å². The molecule has 2 rings (SSSR count). The van der Waals surface area contributed by atoms with Crippen LogP contribution in [0.1, 0.15) is 10.4 Å². The summed E-state index contributed by atoms with van der Waals surface area (Å²) in [5.74, 6) is -0.302. The molecule has 2 nitrogen and oxygen atoms in total. The van der Waals surface area contributed by atoms with Crippen molar-refractivity contribution in [2.45, 2.75) is 0 Å². The van der Waals surface area contributed by atoms with Crippen LogP contribution in [0.3, 0.4) is 0 Å². The van der Waals surface area contributed by atoms with Gasteiger partial charge in [-0.2, -0.15) is 0 Å². The Labute approximate surface area is 125 Å². The summed E-state index contributed by atoms with van der Waals surface area (Å²) in [6.45, 7) is 0. The molecule has 0 bridgehead atoms. The Morgan fingerprint density at radius 3 is 2.45 bits per heavy atom. The molecule has 20 heavy (non-hydrogen) atoms. The fourth-order valence-electron chi connectivity index (χ4n) is 1.45. The van der Waals surface area contributed by atoms with Gasteiger partial charge < -0.3 is 4.74 Å². The Morgan fingerprint density at radius 2 is 1.80 bits per heavy atom. The minimum absolute atomic E-state index is 0.296. The molecule has 0 radical (unpaired) electrons. The van der Waals surface area contributed by atoms with E-state index in [0.29, 0.717) is 21.4 Å². The Kier molecular flexibility index (Phi) is 4.77. The standard InChI is InChI=1S/C15H9Cl2FO2/c16-11-3-6-15(13(17)9-11)20-8-7-14(19)10-1-4-12(18)5-2-10/h1-9H/b8-7+. The summed E-state index contributed by atoms with van der Waals surface area (Å²) < 4.78 is 18.0. The van der Waals surface area contributed by atoms with Gasteiger partial charge >= 0.3 is 0 Å². The molecule has 5 heteroatoms. The summed E-state index contributed by atoms with van der Waals surface area (Å²) in [7, 11) is 0. The van der Waals surface area contributed by atoms with Crippen LogP contribution in [0.15, 0.2) is 54.8 Å². The van der Waals surface area contributed by atoms with Crippen molar-refractivity contribution in [1.82, 2.24) is 0 Å². The summed E-state index contributed by atoms with van der Waals surface area (Å²) in [6, 6.07) is 9.99. The maximum absolute atomic E-state index is 12.7. The number of allylic oxidation sites excluding steroid dienone is 1. The molecule has 0 fully saturated rings. The minimum Gasteiger partial charge on any atom is -0.463 e.